The van der Waals surface area contributed by atoms with Gasteiger partial charge in [0.05, 0.1) is 18.0 Å². The largest absolute Gasteiger partial charge is 0.497 e. The van der Waals surface area contributed by atoms with Gasteiger partial charge < -0.3 is 4.74 Å². The number of hydrogen-bond acceptors (Lipinski definition) is 3. The van der Waals surface area contributed by atoms with Crippen LogP contribution in [0.25, 0.3) is 16.9 Å². The van der Waals surface area contributed by atoms with Crippen molar-refractivity contribution in [2.45, 2.75) is 5.88 Å². The van der Waals surface area contributed by atoms with Crippen molar-refractivity contribution in [2.24, 2.45) is 0 Å². The maximum atomic E-state index is 5.98. The smallest absolute Gasteiger partial charge is 0.164 e. The van der Waals surface area contributed by atoms with E-state index < -0.39 is 0 Å². The van der Waals surface area contributed by atoms with Crippen molar-refractivity contribution in [2.75, 3.05) is 7.11 Å². The van der Waals surface area contributed by atoms with Crippen LogP contribution in [0.15, 0.2) is 36.5 Å². The topological polar surface area (TPSA) is 39.9 Å². The molecule has 0 amide bonds. The standard InChI is InChI=1S/C14H11Cl2N3O/c1-20-11-4-2-10(3-5-11)19-13(7-15)18-12-6-9(16)8-17-14(12)19/h2-6,8H,7H2,1H3. The van der Waals surface area contributed by atoms with Crippen molar-refractivity contribution >= 4 is 34.4 Å². The van der Waals surface area contributed by atoms with E-state index in [9.17, 15) is 0 Å². The van der Waals surface area contributed by atoms with Crippen molar-refractivity contribution in [1.82, 2.24) is 14.5 Å². The van der Waals surface area contributed by atoms with Crippen LogP contribution in [0.2, 0.25) is 5.02 Å². The third-order valence-corrected chi connectivity index (χ3v) is 3.43. The summed E-state index contributed by atoms with van der Waals surface area (Å²) >= 11 is 11.9. The SMILES string of the molecule is COc1ccc(-n2c(CCl)nc3cc(Cl)cnc32)cc1. The molecule has 2 aromatic heterocycles. The molecule has 0 unspecified atom stereocenters. The first-order chi connectivity index (χ1) is 9.72. The number of alkyl halides is 1. The fourth-order valence-corrected chi connectivity index (χ4v) is 2.41. The summed E-state index contributed by atoms with van der Waals surface area (Å²) in [6, 6.07) is 9.42. The number of methoxy groups -OCH3 is 1. The Morgan fingerprint density at radius 3 is 2.65 bits per heavy atom. The van der Waals surface area contributed by atoms with Crippen LogP contribution in [0.5, 0.6) is 5.75 Å². The molecule has 2 heterocycles. The first-order valence-electron chi connectivity index (χ1n) is 5.96. The number of nitrogens with zero attached hydrogens (tertiary/aromatic N) is 3. The van der Waals surface area contributed by atoms with E-state index in [2.05, 4.69) is 9.97 Å². The lowest BCUT2D eigenvalue weighted by Crippen LogP contribution is -2.00. The van der Waals surface area contributed by atoms with Gasteiger partial charge in [0.15, 0.2) is 5.65 Å². The first kappa shape index (κ1) is 13.2. The lowest BCUT2D eigenvalue weighted by molar-refractivity contribution is 0.414. The summed E-state index contributed by atoms with van der Waals surface area (Å²) < 4.78 is 7.08. The van der Waals surface area contributed by atoms with E-state index in [1.54, 1.807) is 19.4 Å². The van der Waals surface area contributed by atoms with Crippen molar-refractivity contribution in [3.63, 3.8) is 0 Å². The lowest BCUT2D eigenvalue weighted by Gasteiger charge is -2.08. The molecule has 0 fully saturated rings. The highest BCUT2D eigenvalue weighted by Crippen LogP contribution is 2.24. The van der Waals surface area contributed by atoms with Crippen LogP contribution in [0, 0.1) is 0 Å². The highest BCUT2D eigenvalue weighted by Gasteiger charge is 2.13. The second-order valence-electron chi connectivity index (χ2n) is 4.19. The maximum Gasteiger partial charge on any atom is 0.164 e. The number of aromatic nitrogens is 3. The van der Waals surface area contributed by atoms with Gasteiger partial charge in [0.1, 0.15) is 17.1 Å². The Labute approximate surface area is 125 Å². The summed E-state index contributed by atoms with van der Waals surface area (Å²) in [7, 11) is 1.63. The number of hydrogen-bond donors (Lipinski definition) is 0. The van der Waals surface area contributed by atoms with E-state index in [0.717, 1.165) is 28.4 Å². The minimum absolute atomic E-state index is 0.292. The summed E-state index contributed by atoms with van der Waals surface area (Å²) in [5.41, 5.74) is 2.39. The van der Waals surface area contributed by atoms with Crippen molar-refractivity contribution < 1.29 is 4.74 Å². The minimum atomic E-state index is 0.292. The fraction of sp³-hybridized carbons (Fsp3) is 0.143. The summed E-state index contributed by atoms with van der Waals surface area (Å²) in [5.74, 6) is 1.81. The second-order valence-corrected chi connectivity index (χ2v) is 4.90. The van der Waals surface area contributed by atoms with Gasteiger partial charge in [0.25, 0.3) is 0 Å². The van der Waals surface area contributed by atoms with Gasteiger partial charge in [-0.1, -0.05) is 11.6 Å². The van der Waals surface area contributed by atoms with Gasteiger partial charge in [0, 0.05) is 11.9 Å². The molecule has 0 aliphatic heterocycles. The molecule has 1 aromatic carbocycles. The average Bonchev–Trinajstić information content (AvgIpc) is 2.84. The molecule has 3 aromatic rings. The quantitative estimate of drug-likeness (QED) is 0.691. The van der Waals surface area contributed by atoms with Gasteiger partial charge in [-0.3, -0.25) is 4.57 Å². The van der Waals surface area contributed by atoms with E-state index in [1.165, 1.54) is 0 Å². The Bertz CT molecular complexity index is 753. The Balaban J connectivity index is 2.22. The Hall–Kier alpha value is -1.78. The third kappa shape index (κ3) is 2.21. The number of rotatable bonds is 3. The number of halogens is 2. The van der Waals surface area contributed by atoms with Gasteiger partial charge in [-0.25, -0.2) is 9.97 Å². The number of imidazole rings is 1. The Morgan fingerprint density at radius 2 is 2.00 bits per heavy atom. The van der Waals surface area contributed by atoms with Gasteiger partial charge in [0.2, 0.25) is 0 Å². The summed E-state index contributed by atoms with van der Waals surface area (Å²) in [5, 5.41) is 0.554. The summed E-state index contributed by atoms with van der Waals surface area (Å²) in [4.78, 5) is 8.81. The predicted molar refractivity (Wildman–Crippen MR) is 80.0 cm³/mol. The van der Waals surface area contributed by atoms with E-state index in [1.807, 2.05) is 28.8 Å². The summed E-state index contributed by atoms with van der Waals surface area (Å²) in [6.07, 6.45) is 1.60. The van der Waals surface area contributed by atoms with Crippen LogP contribution in [-0.2, 0) is 5.88 Å². The van der Waals surface area contributed by atoms with E-state index in [-0.39, 0.29) is 0 Å². The van der Waals surface area contributed by atoms with E-state index in [0.29, 0.717) is 10.9 Å². The Kier molecular flexibility index (Phi) is 3.51. The molecule has 0 aliphatic carbocycles. The van der Waals surface area contributed by atoms with Crippen LogP contribution in [0.4, 0.5) is 0 Å². The molecule has 6 heteroatoms. The highest BCUT2D eigenvalue weighted by atomic mass is 35.5. The van der Waals surface area contributed by atoms with E-state index in [4.69, 9.17) is 27.9 Å². The molecular weight excluding hydrogens is 297 g/mol. The number of fused-ring (bicyclic) bond motifs is 1. The molecule has 0 aliphatic rings. The van der Waals surface area contributed by atoms with Gasteiger partial charge in [-0.05, 0) is 30.3 Å². The molecule has 20 heavy (non-hydrogen) atoms. The van der Waals surface area contributed by atoms with Gasteiger partial charge in [-0.2, -0.15) is 0 Å². The number of ether oxygens (including phenoxy) is 1. The molecule has 0 atom stereocenters. The van der Waals surface area contributed by atoms with Crippen LogP contribution in [0.1, 0.15) is 5.82 Å². The zero-order chi connectivity index (χ0) is 14.1. The predicted octanol–water partition coefficient (Wildman–Crippen LogP) is 3.82. The zero-order valence-corrected chi connectivity index (χ0v) is 12.2. The van der Waals surface area contributed by atoms with Gasteiger partial charge in [-0.15, -0.1) is 11.6 Å². The molecule has 102 valence electrons. The normalized spacial score (nSPS) is 10.9. The van der Waals surface area contributed by atoms with Crippen LogP contribution in [0.3, 0.4) is 0 Å². The van der Waals surface area contributed by atoms with Crippen molar-refractivity contribution in [1.29, 1.82) is 0 Å². The maximum absolute atomic E-state index is 5.98. The minimum Gasteiger partial charge on any atom is -0.497 e. The zero-order valence-electron chi connectivity index (χ0n) is 10.7. The van der Waals surface area contributed by atoms with Crippen LogP contribution >= 0.6 is 23.2 Å². The van der Waals surface area contributed by atoms with Crippen LogP contribution in [-0.4, -0.2) is 21.6 Å². The fourth-order valence-electron chi connectivity index (χ4n) is 2.08. The lowest BCUT2D eigenvalue weighted by atomic mass is 10.3. The molecule has 3 rings (SSSR count). The Morgan fingerprint density at radius 1 is 1.25 bits per heavy atom. The molecular formula is C14H11Cl2N3O. The second kappa shape index (κ2) is 5.31. The molecule has 0 spiro atoms. The molecule has 0 saturated carbocycles. The number of benzene rings is 1. The highest BCUT2D eigenvalue weighted by molar-refractivity contribution is 6.31. The summed E-state index contributed by atoms with van der Waals surface area (Å²) in [6.45, 7) is 0. The van der Waals surface area contributed by atoms with Crippen molar-refractivity contribution in [3.05, 3.63) is 47.4 Å². The molecule has 4 nitrogen and oxygen atoms in total. The van der Waals surface area contributed by atoms with Crippen LogP contribution < -0.4 is 4.74 Å². The average molecular weight is 308 g/mol. The first-order valence-corrected chi connectivity index (χ1v) is 6.87. The third-order valence-electron chi connectivity index (χ3n) is 2.98. The molecule has 0 saturated heterocycles. The van der Waals surface area contributed by atoms with E-state index >= 15 is 0 Å². The molecule has 0 radical (unpaired) electrons. The van der Waals surface area contributed by atoms with Gasteiger partial charge >= 0.3 is 0 Å². The molecule has 0 bridgehead atoms. The molecule has 0 N–H and O–H groups in total. The monoisotopic (exact) mass is 307 g/mol. The van der Waals surface area contributed by atoms with Crippen molar-refractivity contribution in [3.8, 4) is 11.4 Å². The number of pyridine rings is 1.